The van der Waals surface area contributed by atoms with Crippen LogP contribution in [0.15, 0.2) is 42.5 Å². The number of ether oxygens (including phenoxy) is 1. The van der Waals surface area contributed by atoms with Crippen LogP contribution in [0.2, 0.25) is 10.0 Å². The lowest BCUT2D eigenvalue weighted by Crippen LogP contribution is -2.22. The van der Waals surface area contributed by atoms with Crippen LogP contribution in [0.3, 0.4) is 0 Å². The van der Waals surface area contributed by atoms with Gasteiger partial charge in [-0.25, -0.2) is 0 Å². The van der Waals surface area contributed by atoms with Gasteiger partial charge in [-0.2, -0.15) is 0 Å². The summed E-state index contributed by atoms with van der Waals surface area (Å²) in [7, 11) is 0. The van der Waals surface area contributed by atoms with Crippen molar-refractivity contribution in [3.05, 3.63) is 63.6 Å². The van der Waals surface area contributed by atoms with E-state index in [9.17, 15) is 4.79 Å². The van der Waals surface area contributed by atoms with Crippen molar-refractivity contribution >= 4 is 29.1 Å². The Morgan fingerprint density at radius 2 is 1.82 bits per heavy atom. The third kappa shape index (κ3) is 4.65. The summed E-state index contributed by atoms with van der Waals surface area (Å²) in [6.07, 6.45) is 0.974. The fourth-order valence-corrected chi connectivity index (χ4v) is 2.14. The Balaban J connectivity index is 1.91. The molecule has 0 radical (unpaired) electrons. The lowest BCUT2D eigenvalue weighted by atomic mass is 10.2. The van der Waals surface area contributed by atoms with E-state index in [0.717, 1.165) is 17.7 Å². The molecular formula is C17H17Cl2NO2. The summed E-state index contributed by atoms with van der Waals surface area (Å²) in [6.45, 7) is 3.20. The fraction of sp³-hybridized carbons (Fsp3) is 0.235. The first kappa shape index (κ1) is 16.7. The molecule has 0 atom stereocenters. The summed E-state index contributed by atoms with van der Waals surface area (Å²) in [4.78, 5) is 12.1. The molecule has 1 N–H and O–H groups in total. The molecule has 3 nitrogen and oxygen atoms in total. The average molecular weight is 338 g/mol. The highest BCUT2D eigenvalue weighted by atomic mass is 35.5. The molecule has 116 valence electrons. The van der Waals surface area contributed by atoms with Crippen molar-refractivity contribution in [3.63, 3.8) is 0 Å². The number of hydrogen-bond donors (Lipinski definition) is 1. The molecular weight excluding hydrogens is 321 g/mol. The van der Waals surface area contributed by atoms with Gasteiger partial charge < -0.3 is 10.1 Å². The zero-order valence-corrected chi connectivity index (χ0v) is 13.7. The Bertz CT molecular complexity index is 642. The second-order valence-corrected chi connectivity index (χ2v) is 5.62. The van der Waals surface area contributed by atoms with Crippen LogP contribution in [0.25, 0.3) is 0 Å². The number of amides is 1. The topological polar surface area (TPSA) is 38.3 Å². The van der Waals surface area contributed by atoms with Gasteiger partial charge in [0.15, 0.2) is 0 Å². The van der Waals surface area contributed by atoms with Crippen molar-refractivity contribution < 1.29 is 9.53 Å². The van der Waals surface area contributed by atoms with Gasteiger partial charge in [0, 0.05) is 12.1 Å². The van der Waals surface area contributed by atoms with Gasteiger partial charge in [0.1, 0.15) is 5.75 Å². The Morgan fingerprint density at radius 3 is 2.45 bits per heavy atom. The SMILES string of the molecule is CCCOc1ccc(CNC(=O)c2ccc(Cl)c(Cl)c2)cc1. The molecule has 2 aromatic rings. The summed E-state index contributed by atoms with van der Waals surface area (Å²) in [5.74, 6) is 0.645. The van der Waals surface area contributed by atoms with Crippen LogP contribution in [0, 0.1) is 0 Å². The van der Waals surface area contributed by atoms with Gasteiger partial charge in [0.25, 0.3) is 5.91 Å². The van der Waals surface area contributed by atoms with E-state index in [-0.39, 0.29) is 5.91 Å². The van der Waals surface area contributed by atoms with E-state index in [4.69, 9.17) is 27.9 Å². The molecule has 0 aromatic heterocycles. The molecule has 0 aliphatic rings. The Hall–Kier alpha value is -1.71. The van der Waals surface area contributed by atoms with Crippen LogP contribution >= 0.6 is 23.2 Å². The normalized spacial score (nSPS) is 10.3. The highest BCUT2D eigenvalue weighted by Gasteiger charge is 2.07. The van der Waals surface area contributed by atoms with Crippen molar-refractivity contribution in [3.8, 4) is 5.75 Å². The van der Waals surface area contributed by atoms with Crippen LogP contribution in [-0.4, -0.2) is 12.5 Å². The lowest BCUT2D eigenvalue weighted by molar-refractivity contribution is 0.0951. The van der Waals surface area contributed by atoms with E-state index in [1.807, 2.05) is 24.3 Å². The number of rotatable bonds is 6. The lowest BCUT2D eigenvalue weighted by Gasteiger charge is -2.08. The molecule has 0 aliphatic heterocycles. The fourth-order valence-electron chi connectivity index (χ4n) is 1.85. The molecule has 0 aliphatic carbocycles. The van der Waals surface area contributed by atoms with E-state index in [1.165, 1.54) is 0 Å². The predicted molar refractivity (Wildman–Crippen MR) is 89.9 cm³/mol. The van der Waals surface area contributed by atoms with Crippen LogP contribution in [-0.2, 0) is 6.54 Å². The maximum atomic E-state index is 12.1. The maximum absolute atomic E-state index is 12.1. The molecule has 0 heterocycles. The second kappa shape index (κ2) is 8.06. The smallest absolute Gasteiger partial charge is 0.251 e. The molecule has 0 saturated carbocycles. The zero-order valence-electron chi connectivity index (χ0n) is 12.2. The maximum Gasteiger partial charge on any atom is 0.251 e. The van der Waals surface area contributed by atoms with E-state index in [1.54, 1.807) is 18.2 Å². The molecule has 0 spiro atoms. The molecule has 5 heteroatoms. The number of carbonyl (C=O) groups is 1. The van der Waals surface area contributed by atoms with E-state index < -0.39 is 0 Å². The largest absolute Gasteiger partial charge is 0.494 e. The molecule has 22 heavy (non-hydrogen) atoms. The zero-order chi connectivity index (χ0) is 15.9. The minimum atomic E-state index is -0.190. The molecule has 0 fully saturated rings. The Labute approximate surface area is 140 Å². The molecule has 1 amide bonds. The predicted octanol–water partition coefficient (Wildman–Crippen LogP) is 4.71. The molecule has 0 bridgehead atoms. The monoisotopic (exact) mass is 337 g/mol. The van der Waals surface area contributed by atoms with Crippen LogP contribution in [0.1, 0.15) is 29.3 Å². The number of carbonyl (C=O) groups excluding carboxylic acids is 1. The third-order valence-corrected chi connectivity index (χ3v) is 3.77. The summed E-state index contributed by atoms with van der Waals surface area (Å²) in [5.41, 5.74) is 1.48. The van der Waals surface area contributed by atoms with Gasteiger partial charge in [-0.3, -0.25) is 4.79 Å². The number of benzene rings is 2. The van der Waals surface area contributed by atoms with Gasteiger partial charge in [0.2, 0.25) is 0 Å². The molecule has 0 unspecified atom stereocenters. The van der Waals surface area contributed by atoms with Crippen molar-refractivity contribution in [2.45, 2.75) is 19.9 Å². The number of hydrogen-bond acceptors (Lipinski definition) is 2. The highest BCUT2D eigenvalue weighted by molar-refractivity contribution is 6.42. The van der Waals surface area contributed by atoms with Crippen molar-refractivity contribution in [1.82, 2.24) is 5.32 Å². The highest BCUT2D eigenvalue weighted by Crippen LogP contribution is 2.22. The van der Waals surface area contributed by atoms with Gasteiger partial charge in [-0.15, -0.1) is 0 Å². The van der Waals surface area contributed by atoms with E-state index in [0.29, 0.717) is 28.8 Å². The minimum Gasteiger partial charge on any atom is -0.494 e. The summed E-state index contributed by atoms with van der Waals surface area (Å²) in [6, 6.07) is 12.5. The van der Waals surface area contributed by atoms with E-state index in [2.05, 4.69) is 12.2 Å². The van der Waals surface area contributed by atoms with Crippen LogP contribution < -0.4 is 10.1 Å². The molecule has 0 saturated heterocycles. The van der Waals surface area contributed by atoms with E-state index >= 15 is 0 Å². The summed E-state index contributed by atoms with van der Waals surface area (Å²) >= 11 is 11.7. The molecule has 2 aromatic carbocycles. The first-order valence-corrected chi connectivity index (χ1v) is 7.80. The average Bonchev–Trinajstić information content (AvgIpc) is 2.54. The standard InChI is InChI=1S/C17H17Cl2NO2/c1-2-9-22-14-6-3-12(4-7-14)11-20-17(21)13-5-8-15(18)16(19)10-13/h3-8,10H,2,9,11H2,1H3,(H,20,21). The first-order chi connectivity index (χ1) is 10.6. The third-order valence-electron chi connectivity index (χ3n) is 3.03. The van der Waals surface area contributed by atoms with Gasteiger partial charge in [-0.1, -0.05) is 42.3 Å². The Kier molecular flexibility index (Phi) is 6.10. The summed E-state index contributed by atoms with van der Waals surface area (Å²) < 4.78 is 5.51. The summed E-state index contributed by atoms with van der Waals surface area (Å²) in [5, 5.41) is 3.64. The second-order valence-electron chi connectivity index (χ2n) is 4.80. The Morgan fingerprint density at radius 1 is 1.09 bits per heavy atom. The quantitative estimate of drug-likeness (QED) is 0.828. The van der Waals surface area contributed by atoms with Gasteiger partial charge in [0.05, 0.1) is 16.7 Å². The van der Waals surface area contributed by atoms with Crippen molar-refractivity contribution in [2.24, 2.45) is 0 Å². The number of nitrogens with one attached hydrogen (secondary N) is 1. The van der Waals surface area contributed by atoms with Crippen molar-refractivity contribution in [1.29, 1.82) is 0 Å². The van der Waals surface area contributed by atoms with Crippen LogP contribution in [0.4, 0.5) is 0 Å². The van der Waals surface area contributed by atoms with Crippen LogP contribution in [0.5, 0.6) is 5.75 Å². The number of halogens is 2. The first-order valence-electron chi connectivity index (χ1n) is 7.05. The minimum absolute atomic E-state index is 0.190. The van der Waals surface area contributed by atoms with Gasteiger partial charge in [-0.05, 0) is 42.3 Å². The van der Waals surface area contributed by atoms with Gasteiger partial charge >= 0.3 is 0 Å². The molecule has 2 rings (SSSR count). The van der Waals surface area contributed by atoms with Crippen molar-refractivity contribution in [2.75, 3.05) is 6.61 Å².